The number of aromatic carboxylic acids is 1. The highest BCUT2D eigenvalue weighted by Gasteiger charge is 2.30. The van der Waals surface area contributed by atoms with Gasteiger partial charge in [0.05, 0.1) is 5.56 Å². The van der Waals surface area contributed by atoms with Crippen LogP contribution in [0.2, 0.25) is 0 Å². The summed E-state index contributed by atoms with van der Waals surface area (Å²) in [6, 6.07) is 1.70. The minimum atomic E-state index is -1.14. The molecule has 0 spiro atoms. The predicted octanol–water partition coefficient (Wildman–Crippen LogP) is 6.04. The van der Waals surface area contributed by atoms with Crippen LogP contribution in [0.5, 0.6) is 11.5 Å². The molecule has 0 radical (unpaired) electrons. The van der Waals surface area contributed by atoms with Gasteiger partial charge in [0.15, 0.2) is 0 Å². The first kappa shape index (κ1) is 20.8. The number of fused-ring (bicyclic) bond motifs is 1. The third-order valence-corrected chi connectivity index (χ3v) is 4.88. The van der Waals surface area contributed by atoms with Gasteiger partial charge in [-0.1, -0.05) is 23.3 Å². The molecule has 1 atom stereocenters. The van der Waals surface area contributed by atoms with E-state index in [9.17, 15) is 15.0 Å². The highest BCUT2D eigenvalue weighted by molar-refractivity contribution is 5.95. The standard InChI is InChI=1S/C23H30O4/c1-15(2)8-6-9-16(3)10-7-12-23(5)13-11-18-19(27-23)14-17(4)20(21(18)24)22(25)26/h8,10-11,13-14,24H,6-7,9,12H2,1-5H3,(H,25,26). The number of carbonyl (C=O) groups is 1. The number of ether oxygens (including phenoxy) is 1. The smallest absolute Gasteiger partial charge is 0.339 e. The van der Waals surface area contributed by atoms with Crippen LogP contribution in [0.1, 0.15) is 74.9 Å². The summed E-state index contributed by atoms with van der Waals surface area (Å²) in [7, 11) is 0. The van der Waals surface area contributed by atoms with Gasteiger partial charge in [-0.3, -0.25) is 0 Å². The van der Waals surface area contributed by atoms with Gasteiger partial charge < -0.3 is 14.9 Å². The molecule has 27 heavy (non-hydrogen) atoms. The van der Waals surface area contributed by atoms with Crippen LogP contribution in [0, 0.1) is 6.92 Å². The highest BCUT2D eigenvalue weighted by Crippen LogP contribution is 2.41. The van der Waals surface area contributed by atoms with Crippen molar-refractivity contribution in [3.8, 4) is 11.5 Å². The van der Waals surface area contributed by atoms with Crippen LogP contribution in [0.25, 0.3) is 6.08 Å². The lowest BCUT2D eigenvalue weighted by Gasteiger charge is -2.32. The van der Waals surface area contributed by atoms with E-state index in [1.807, 2.05) is 13.0 Å². The van der Waals surface area contributed by atoms with Crippen molar-refractivity contribution in [2.75, 3.05) is 0 Å². The van der Waals surface area contributed by atoms with Crippen molar-refractivity contribution < 1.29 is 19.7 Å². The third-order valence-electron chi connectivity index (χ3n) is 4.88. The molecule has 2 rings (SSSR count). The maximum Gasteiger partial charge on any atom is 0.339 e. The first-order valence-corrected chi connectivity index (χ1v) is 9.40. The second kappa shape index (κ2) is 8.47. The maximum atomic E-state index is 11.3. The molecule has 0 aromatic heterocycles. The number of rotatable bonds is 7. The number of carboxylic acids is 1. The number of benzene rings is 1. The Morgan fingerprint density at radius 2 is 1.93 bits per heavy atom. The molecule has 0 saturated carbocycles. The van der Waals surface area contributed by atoms with Crippen molar-refractivity contribution in [2.45, 2.75) is 65.9 Å². The number of carboxylic acid groups (broad SMARTS) is 1. The highest BCUT2D eigenvalue weighted by atomic mass is 16.5. The number of hydrogen-bond donors (Lipinski definition) is 2. The summed E-state index contributed by atoms with van der Waals surface area (Å²) < 4.78 is 6.13. The lowest BCUT2D eigenvalue weighted by molar-refractivity contribution is 0.0692. The number of aryl methyl sites for hydroxylation is 1. The summed E-state index contributed by atoms with van der Waals surface area (Å²) in [6.45, 7) is 10.1. The van der Waals surface area contributed by atoms with Crippen molar-refractivity contribution in [1.82, 2.24) is 0 Å². The summed E-state index contributed by atoms with van der Waals surface area (Å²) in [5, 5.41) is 19.6. The molecular weight excluding hydrogens is 340 g/mol. The van der Waals surface area contributed by atoms with Crippen molar-refractivity contribution >= 4 is 12.0 Å². The molecule has 1 unspecified atom stereocenters. The zero-order valence-corrected chi connectivity index (χ0v) is 16.9. The van der Waals surface area contributed by atoms with E-state index in [0.717, 1.165) is 25.7 Å². The Morgan fingerprint density at radius 3 is 2.56 bits per heavy atom. The van der Waals surface area contributed by atoms with Crippen LogP contribution in [-0.4, -0.2) is 21.8 Å². The van der Waals surface area contributed by atoms with Gasteiger partial charge in [0.1, 0.15) is 22.7 Å². The largest absolute Gasteiger partial charge is 0.506 e. The number of allylic oxidation sites excluding steroid dienone is 4. The molecule has 0 amide bonds. The van der Waals surface area contributed by atoms with Gasteiger partial charge in [-0.15, -0.1) is 0 Å². The van der Waals surface area contributed by atoms with Gasteiger partial charge >= 0.3 is 5.97 Å². The van der Waals surface area contributed by atoms with Gasteiger partial charge in [0.25, 0.3) is 0 Å². The normalized spacial score (nSPS) is 18.6. The molecule has 4 nitrogen and oxygen atoms in total. The van der Waals surface area contributed by atoms with Crippen molar-refractivity contribution in [1.29, 1.82) is 0 Å². The molecule has 1 aromatic carbocycles. The van der Waals surface area contributed by atoms with Crippen LogP contribution >= 0.6 is 0 Å². The number of phenols is 1. The monoisotopic (exact) mass is 370 g/mol. The van der Waals surface area contributed by atoms with Gasteiger partial charge in [-0.05, 0) is 84.1 Å². The quantitative estimate of drug-likeness (QED) is 0.575. The van der Waals surface area contributed by atoms with Crippen molar-refractivity contribution in [2.24, 2.45) is 0 Å². The fraction of sp³-hybridized carbons (Fsp3) is 0.435. The van der Waals surface area contributed by atoms with Gasteiger partial charge in [-0.2, -0.15) is 0 Å². The van der Waals surface area contributed by atoms with E-state index in [0.29, 0.717) is 16.9 Å². The van der Waals surface area contributed by atoms with E-state index in [1.54, 1.807) is 19.1 Å². The minimum absolute atomic E-state index is 0.0690. The molecule has 1 heterocycles. The first-order chi connectivity index (χ1) is 12.6. The number of hydrogen-bond acceptors (Lipinski definition) is 3. The zero-order valence-electron chi connectivity index (χ0n) is 16.9. The lowest BCUT2D eigenvalue weighted by atomic mass is 9.92. The Bertz CT molecular complexity index is 810. The van der Waals surface area contributed by atoms with E-state index >= 15 is 0 Å². The Labute approximate surface area is 161 Å². The fourth-order valence-electron chi connectivity index (χ4n) is 3.28. The number of aromatic hydroxyl groups is 1. The molecule has 146 valence electrons. The van der Waals surface area contributed by atoms with Crippen molar-refractivity contribution in [3.05, 3.63) is 52.1 Å². The van der Waals surface area contributed by atoms with Crippen molar-refractivity contribution in [3.63, 3.8) is 0 Å². The van der Waals surface area contributed by atoms with E-state index in [-0.39, 0.29) is 11.3 Å². The molecule has 1 aromatic rings. The maximum absolute atomic E-state index is 11.3. The lowest BCUT2D eigenvalue weighted by Crippen LogP contribution is -2.31. The molecule has 0 aliphatic carbocycles. The Kier molecular flexibility index (Phi) is 6.53. The predicted molar refractivity (Wildman–Crippen MR) is 110 cm³/mol. The summed E-state index contributed by atoms with van der Waals surface area (Å²) in [5.74, 6) is -0.835. The van der Waals surface area contributed by atoms with Crippen LogP contribution < -0.4 is 4.74 Å². The van der Waals surface area contributed by atoms with Gasteiger partial charge in [-0.25, -0.2) is 4.79 Å². The summed E-state index contributed by atoms with van der Waals surface area (Å²) >= 11 is 0. The summed E-state index contributed by atoms with van der Waals surface area (Å²) in [5.41, 5.74) is 3.10. The molecule has 0 saturated heterocycles. The molecule has 0 fully saturated rings. The Hall–Kier alpha value is -2.49. The van der Waals surface area contributed by atoms with Crippen LogP contribution in [-0.2, 0) is 0 Å². The second-order valence-electron chi connectivity index (χ2n) is 7.79. The molecule has 4 heteroatoms. The van der Waals surface area contributed by atoms with Crippen LogP contribution in [0.15, 0.2) is 35.4 Å². The topological polar surface area (TPSA) is 66.8 Å². The molecule has 1 aliphatic heterocycles. The minimum Gasteiger partial charge on any atom is -0.506 e. The Morgan fingerprint density at radius 1 is 1.22 bits per heavy atom. The van der Waals surface area contributed by atoms with E-state index in [1.165, 1.54) is 11.1 Å². The average Bonchev–Trinajstić information content (AvgIpc) is 2.53. The van der Waals surface area contributed by atoms with Crippen LogP contribution in [0.4, 0.5) is 0 Å². The summed E-state index contributed by atoms with van der Waals surface area (Å²) in [4.78, 5) is 11.3. The molecule has 2 N–H and O–H groups in total. The van der Waals surface area contributed by atoms with E-state index < -0.39 is 11.6 Å². The van der Waals surface area contributed by atoms with Crippen LogP contribution in [0.3, 0.4) is 0 Å². The molecular formula is C23H30O4. The second-order valence-corrected chi connectivity index (χ2v) is 7.79. The third kappa shape index (κ3) is 5.25. The first-order valence-electron chi connectivity index (χ1n) is 9.40. The average molecular weight is 370 g/mol. The summed E-state index contributed by atoms with van der Waals surface area (Å²) in [6.07, 6.45) is 12.0. The fourth-order valence-corrected chi connectivity index (χ4v) is 3.28. The molecule has 0 bridgehead atoms. The van der Waals surface area contributed by atoms with Gasteiger partial charge in [0, 0.05) is 0 Å². The Balaban J connectivity index is 2.07. The molecule has 1 aliphatic rings. The van der Waals surface area contributed by atoms with E-state index in [4.69, 9.17) is 4.74 Å². The van der Waals surface area contributed by atoms with Gasteiger partial charge in [0.2, 0.25) is 0 Å². The zero-order chi connectivity index (χ0) is 20.2. The SMILES string of the molecule is CC(C)=CCCC(C)=CCCC1(C)C=Cc2c(cc(C)c(C(=O)O)c2O)O1. The van der Waals surface area contributed by atoms with E-state index in [2.05, 4.69) is 32.9 Å².